The molecule has 131 valence electrons. The minimum absolute atomic E-state index is 0.113. The van der Waals surface area contributed by atoms with E-state index in [0.717, 1.165) is 0 Å². The first-order chi connectivity index (χ1) is 11.0. The van der Waals surface area contributed by atoms with Gasteiger partial charge in [-0.15, -0.1) is 15.4 Å². The van der Waals surface area contributed by atoms with Gasteiger partial charge in [0.25, 0.3) is 0 Å². The third-order valence-electron chi connectivity index (χ3n) is 4.51. The lowest BCUT2D eigenvalue weighted by Crippen LogP contribution is -2.61. The van der Waals surface area contributed by atoms with Crippen LogP contribution in [0.4, 0.5) is 5.69 Å². The molecule has 0 aromatic heterocycles. The van der Waals surface area contributed by atoms with E-state index in [1.165, 1.54) is 17.2 Å². The Hall–Kier alpha value is -1.99. The molecule has 1 N–H and O–H groups in total. The molecule has 1 aromatic rings. The van der Waals surface area contributed by atoms with Gasteiger partial charge in [0.05, 0.1) is 17.3 Å². The highest BCUT2D eigenvalue weighted by Crippen LogP contribution is 2.38. The number of hydrogen-bond donors (Lipinski definition) is 1. The van der Waals surface area contributed by atoms with E-state index in [1.807, 2.05) is 34.7 Å². The van der Waals surface area contributed by atoms with Gasteiger partial charge in [-0.2, -0.15) is 0 Å². The maximum Gasteiger partial charge on any atom is 0.335 e. The van der Waals surface area contributed by atoms with Crippen LogP contribution in [-0.4, -0.2) is 45.3 Å². The summed E-state index contributed by atoms with van der Waals surface area (Å²) in [6.07, 6.45) is 1.40. The van der Waals surface area contributed by atoms with Gasteiger partial charge >= 0.3 is 5.97 Å². The van der Waals surface area contributed by atoms with Crippen LogP contribution in [0.15, 0.2) is 34.6 Å². The molecule has 7 heteroatoms. The summed E-state index contributed by atoms with van der Waals surface area (Å²) in [4.78, 5) is 10.8. The van der Waals surface area contributed by atoms with Gasteiger partial charge in [-0.25, -0.2) is 4.79 Å². The van der Waals surface area contributed by atoms with Crippen molar-refractivity contribution in [3.8, 4) is 0 Å². The highest BCUT2D eigenvalue weighted by atomic mass is 16.5. The average Bonchev–Trinajstić information content (AvgIpc) is 2.50. The Morgan fingerprint density at radius 3 is 2.12 bits per heavy atom. The van der Waals surface area contributed by atoms with E-state index in [2.05, 4.69) is 10.3 Å². The molecule has 7 nitrogen and oxygen atoms in total. The predicted molar refractivity (Wildman–Crippen MR) is 89.4 cm³/mol. The number of hydroxylamine groups is 2. The Morgan fingerprint density at radius 1 is 1.17 bits per heavy atom. The van der Waals surface area contributed by atoms with Gasteiger partial charge in [0.1, 0.15) is 0 Å². The summed E-state index contributed by atoms with van der Waals surface area (Å²) in [7, 11) is 1.85. The Bertz CT molecular complexity index is 607. The Kier molecular flexibility index (Phi) is 4.96. The topological polar surface area (TPSA) is 88.4 Å². The monoisotopic (exact) mass is 333 g/mol. The Balaban J connectivity index is 2.08. The summed E-state index contributed by atoms with van der Waals surface area (Å²) in [6.45, 7) is 7.79. The highest BCUT2D eigenvalue weighted by molar-refractivity contribution is 5.87. The summed E-state index contributed by atoms with van der Waals surface area (Å²) in [6, 6.07) is 6.35. The van der Waals surface area contributed by atoms with Crippen LogP contribution < -0.4 is 0 Å². The number of carboxylic acids is 1. The van der Waals surface area contributed by atoms with Gasteiger partial charge < -0.3 is 5.11 Å². The van der Waals surface area contributed by atoms with Crippen LogP contribution in [-0.2, 0) is 5.21 Å². The standard InChI is InChI=1S/C17H25N4O3/c1-16(2)10-14(11-17(3,4)21(16)24)20(5)19-18-13-8-6-12(7-9-13)15(22)23/h6-9,14H,10-11H2,1-5H3,(H,22,23). The van der Waals surface area contributed by atoms with Crippen LogP contribution in [0.3, 0.4) is 0 Å². The molecule has 1 radical (unpaired) electrons. The summed E-state index contributed by atoms with van der Waals surface area (Å²) in [5, 5.41) is 32.7. The lowest BCUT2D eigenvalue weighted by Gasteiger charge is -2.51. The van der Waals surface area contributed by atoms with Gasteiger partial charge in [0, 0.05) is 18.1 Å². The lowest BCUT2D eigenvalue weighted by atomic mass is 9.79. The quantitative estimate of drug-likeness (QED) is 0.672. The molecule has 1 aliphatic rings. The van der Waals surface area contributed by atoms with E-state index >= 15 is 0 Å². The number of carbonyl (C=O) groups is 1. The first-order valence-electron chi connectivity index (χ1n) is 7.98. The number of aromatic carboxylic acids is 1. The summed E-state index contributed by atoms with van der Waals surface area (Å²) in [5.74, 6) is -0.968. The fourth-order valence-electron chi connectivity index (χ4n) is 3.34. The summed E-state index contributed by atoms with van der Waals surface area (Å²) < 4.78 is 0. The predicted octanol–water partition coefficient (Wildman–Crippen LogP) is 3.68. The zero-order valence-corrected chi connectivity index (χ0v) is 14.9. The number of piperidine rings is 1. The number of carboxylic acid groups (broad SMARTS) is 1. The van der Waals surface area contributed by atoms with E-state index in [9.17, 15) is 10.0 Å². The molecule has 0 atom stereocenters. The number of hydrogen-bond acceptors (Lipinski definition) is 4. The maximum absolute atomic E-state index is 12.4. The second kappa shape index (κ2) is 6.49. The van der Waals surface area contributed by atoms with Crippen LogP contribution in [0.2, 0.25) is 0 Å². The van der Waals surface area contributed by atoms with Gasteiger partial charge in [-0.3, -0.25) is 5.01 Å². The van der Waals surface area contributed by atoms with Crippen molar-refractivity contribution in [3.63, 3.8) is 0 Å². The van der Waals surface area contributed by atoms with Gasteiger partial charge in [0.15, 0.2) is 0 Å². The Labute approximate surface area is 142 Å². The molecule has 1 aliphatic heterocycles. The molecule has 0 bridgehead atoms. The number of nitrogens with zero attached hydrogens (tertiary/aromatic N) is 4. The van der Waals surface area contributed by atoms with Crippen LogP contribution in [0.5, 0.6) is 0 Å². The molecular weight excluding hydrogens is 308 g/mol. The fourth-order valence-corrected chi connectivity index (χ4v) is 3.34. The largest absolute Gasteiger partial charge is 0.478 e. The third kappa shape index (κ3) is 3.91. The van der Waals surface area contributed by atoms with E-state index in [-0.39, 0.29) is 11.6 Å². The third-order valence-corrected chi connectivity index (χ3v) is 4.51. The average molecular weight is 333 g/mol. The molecule has 24 heavy (non-hydrogen) atoms. The second-order valence-electron chi connectivity index (χ2n) is 7.60. The van der Waals surface area contributed by atoms with Gasteiger partial charge in [-0.1, -0.05) is 5.22 Å². The zero-order valence-electron chi connectivity index (χ0n) is 14.9. The van der Waals surface area contributed by atoms with E-state index in [0.29, 0.717) is 18.5 Å². The van der Waals surface area contributed by atoms with E-state index in [4.69, 9.17) is 5.11 Å². The van der Waals surface area contributed by atoms with Crippen LogP contribution in [0, 0.1) is 0 Å². The van der Waals surface area contributed by atoms with Crippen LogP contribution in [0.25, 0.3) is 0 Å². The smallest absolute Gasteiger partial charge is 0.335 e. The molecule has 0 spiro atoms. The maximum atomic E-state index is 12.4. The van der Waals surface area contributed by atoms with Crippen molar-refractivity contribution in [2.75, 3.05) is 7.05 Å². The lowest BCUT2D eigenvalue weighted by molar-refractivity contribution is -0.294. The molecule has 1 saturated heterocycles. The summed E-state index contributed by atoms with van der Waals surface area (Å²) >= 11 is 0. The van der Waals surface area contributed by atoms with Crippen molar-refractivity contribution in [2.45, 2.75) is 57.7 Å². The van der Waals surface area contributed by atoms with Crippen molar-refractivity contribution in [1.29, 1.82) is 0 Å². The molecular formula is C17H25N4O3. The number of rotatable bonds is 4. The normalized spacial score (nSPS) is 21.1. The first kappa shape index (κ1) is 18.4. The molecule has 0 aliphatic carbocycles. The van der Waals surface area contributed by atoms with Crippen molar-refractivity contribution < 1.29 is 15.1 Å². The molecule has 0 amide bonds. The van der Waals surface area contributed by atoms with Gasteiger partial charge in [0.2, 0.25) is 0 Å². The van der Waals surface area contributed by atoms with Crippen LogP contribution >= 0.6 is 0 Å². The Morgan fingerprint density at radius 2 is 1.67 bits per heavy atom. The van der Waals surface area contributed by atoms with E-state index < -0.39 is 17.0 Å². The SMILES string of the molecule is CN(N=Nc1ccc(C(=O)O)cc1)C1CC(C)(C)N([O])C(C)(C)C1. The number of benzene rings is 1. The molecule has 0 saturated carbocycles. The molecule has 1 fully saturated rings. The van der Waals surface area contributed by atoms with Crippen LogP contribution in [0.1, 0.15) is 50.9 Å². The van der Waals surface area contributed by atoms with Crippen molar-refractivity contribution in [1.82, 2.24) is 10.1 Å². The minimum atomic E-state index is -0.968. The van der Waals surface area contributed by atoms with Crippen molar-refractivity contribution >= 4 is 11.7 Å². The molecule has 1 heterocycles. The first-order valence-corrected chi connectivity index (χ1v) is 7.98. The minimum Gasteiger partial charge on any atom is -0.478 e. The van der Waals surface area contributed by atoms with Gasteiger partial charge in [-0.05, 0) is 64.8 Å². The second-order valence-corrected chi connectivity index (χ2v) is 7.60. The highest BCUT2D eigenvalue weighted by Gasteiger charge is 2.47. The summed E-state index contributed by atoms with van der Waals surface area (Å²) in [5.41, 5.74) is -0.112. The van der Waals surface area contributed by atoms with E-state index in [1.54, 1.807) is 17.1 Å². The fraction of sp³-hybridized carbons (Fsp3) is 0.588. The zero-order chi connectivity index (χ0) is 18.1. The van der Waals surface area contributed by atoms with Crippen molar-refractivity contribution in [2.24, 2.45) is 10.3 Å². The molecule has 2 rings (SSSR count). The molecule has 0 unspecified atom stereocenters. The van der Waals surface area contributed by atoms with Crippen molar-refractivity contribution in [3.05, 3.63) is 29.8 Å². The molecule has 1 aromatic carbocycles.